The van der Waals surface area contributed by atoms with Crippen molar-refractivity contribution in [2.24, 2.45) is 4.99 Å². The average Bonchev–Trinajstić information content (AvgIpc) is 2.02. The van der Waals surface area contributed by atoms with E-state index in [2.05, 4.69) is 4.99 Å². The summed E-state index contributed by atoms with van der Waals surface area (Å²) in [5.41, 5.74) is -2.09. The molecule has 1 nitrogen and oxygen atoms in total. The lowest BCUT2D eigenvalue weighted by molar-refractivity contribution is -0.128. The highest BCUT2D eigenvalue weighted by molar-refractivity contribution is 6.21. The molecule has 0 aliphatic rings. The predicted molar refractivity (Wildman–Crippen MR) is 48.3 cm³/mol. The lowest BCUT2D eigenvalue weighted by Gasteiger charge is -2.07. The fraction of sp³-hybridized carbons (Fsp3) is 0.875. The molecule has 13 heavy (non-hydrogen) atoms. The van der Waals surface area contributed by atoms with E-state index in [-0.39, 0.29) is 0 Å². The summed E-state index contributed by atoms with van der Waals surface area (Å²) in [7, 11) is 0. The van der Waals surface area contributed by atoms with Crippen LogP contribution in [-0.4, -0.2) is 17.9 Å². The molecule has 0 saturated carbocycles. The molecule has 0 aromatic rings. The Morgan fingerprint density at radius 2 is 2.00 bits per heavy atom. The maximum absolute atomic E-state index is 11.8. The van der Waals surface area contributed by atoms with Crippen LogP contribution >= 0.6 is 11.6 Å². The van der Waals surface area contributed by atoms with Gasteiger partial charge in [0.1, 0.15) is 0 Å². The monoisotopic (exact) mass is 215 g/mol. The van der Waals surface area contributed by atoms with Gasteiger partial charge in [-0.3, -0.25) is 4.99 Å². The molecule has 0 aromatic heterocycles. The van der Waals surface area contributed by atoms with E-state index >= 15 is 0 Å². The lowest BCUT2D eigenvalue weighted by atomic mass is 10.2. The van der Waals surface area contributed by atoms with Crippen LogP contribution in [0.3, 0.4) is 0 Å². The van der Waals surface area contributed by atoms with Crippen molar-refractivity contribution < 1.29 is 13.2 Å². The van der Waals surface area contributed by atoms with Crippen LogP contribution in [0, 0.1) is 0 Å². The van der Waals surface area contributed by atoms with Crippen molar-refractivity contribution in [1.82, 2.24) is 0 Å². The summed E-state index contributed by atoms with van der Waals surface area (Å²) >= 11 is 4.95. The molecule has 0 N–H and O–H groups in total. The van der Waals surface area contributed by atoms with Gasteiger partial charge in [0.2, 0.25) is 5.50 Å². The molecule has 0 fully saturated rings. The molecule has 5 heteroatoms. The first-order valence-electron chi connectivity index (χ1n) is 4.21. The molecule has 0 saturated heterocycles. The summed E-state index contributed by atoms with van der Waals surface area (Å²) in [4.78, 5) is 3.18. The minimum atomic E-state index is -4.43. The zero-order chi connectivity index (χ0) is 10.3. The zero-order valence-electron chi connectivity index (χ0n) is 7.44. The molecule has 1 unspecified atom stereocenters. The molecule has 0 rings (SSSR count). The number of aliphatic imine (C=N–C) groups is 1. The number of hydrogen-bond donors (Lipinski definition) is 0. The highest BCUT2D eigenvalue weighted by Gasteiger charge is 2.37. The van der Waals surface area contributed by atoms with Crippen LogP contribution in [0.2, 0.25) is 0 Å². The Morgan fingerprint density at radius 1 is 1.38 bits per heavy atom. The van der Waals surface area contributed by atoms with Crippen molar-refractivity contribution in [2.75, 3.05) is 0 Å². The highest BCUT2D eigenvalue weighted by Crippen LogP contribution is 2.25. The molecular weight excluding hydrogens is 203 g/mol. The molecular formula is C8H13ClF3N. The topological polar surface area (TPSA) is 12.4 Å². The van der Waals surface area contributed by atoms with Gasteiger partial charge in [-0.2, -0.15) is 13.2 Å². The molecule has 0 aliphatic heterocycles. The van der Waals surface area contributed by atoms with E-state index in [9.17, 15) is 13.2 Å². The fourth-order valence-corrected chi connectivity index (χ4v) is 0.817. The largest absolute Gasteiger partial charge is 0.424 e. The standard InChI is InChI=1S/C8H13ClF3N/c1-2-3-4-5-6-13-7(9)8(10,11)12/h6-7H,2-5H2,1H3/b13-6+. The fourth-order valence-electron chi connectivity index (χ4n) is 0.737. The van der Waals surface area contributed by atoms with Crippen molar-refractivity contribution in [2.45, 2.75) is 44.3 Å². The summed E-state index contributed by atoms with van der Waals surface area (Å²) in [5, 5.41) is 0. The van der Waals surface area contributed by atoms with Gasteiger partial charge in [-0.15, -0.1) is 0 Å². The molecule has 0 bridgehead atoms. The predicted octanol–water partition coefficient (Wildman–Crippen LogP) is 3.76. The van der Waals surface area contributed by atoms with E-state index in [1.54, 1.807) is 0 Å². The number of rotatable bonds is 5. The van der Waals surface area contributed by atoms with Crippen molar-refractivity contribution in [3.63, 3.8) is 0 Å². The second-order valence-corrected chi connectivity index (χ2v) is 3.12. The summed E-state index contributed by atoms with van der Waals surface area (Å²) in [6, 6.07) is 0. The third-order valence-corrected chi connectivity index (χ3v) is 1.80. The van der Waals surface area contributed by atoms with Gasteiger partial charge in [-0.05, 0) is 12.8 Å². The van der Waals surface area contributed by atoms with Crippen LogP contribution in [-0.2, 0) is 0 Å². The summed E-state index contributed by atoms with van der Waals surface area (Å²) in [6.45, 7) is 2.03. The van der Waals surface area contributed by atoms with Crippen LogP contribution in [0.1, 0.15) is 32.6 Å². The van der Waals surface area contributed by atoms with Gasteiger partial charge in [0, 0.05) is 6.21 Å². The van der Waals surface area contributed by atoms with Crippen molar-refractivity contribution in [1.29, 1.82) is 0 Å². The van der Waals surface area contributed by atoms with Crippen LogP contribution in [0.5, 0.6) is 0 Å². The summed E-state index contributed by atoms with van der Waals surface area (Å²) in [5.74, 6) is 0. The molecule has 0 radical (unpaired) electrons. The third-order valence-electron chi connectivity index (χ3n) is 1.44. The number of unbranched alkanes of at least 4 members (excludes halogenated alkanes) is 3. The SMILES string of the molecule is CCCCC/C=N/C(Cl)C(F)(F)F. The first-order valence-corrected chi connectivity index (χ1v) is 4.64. The molecule has 0 aromatic carbocycles. The maximum Gasteiger partial charge on any atom is 0.424 e. The molecule has 0 amide bonds. The minimum absolute atomic E-state index is 0.563. The van der Waals surface area contributed by atoms with Crippen molar-refractivity contribution in [3.05, 3.63) is 0 Å². The first kappa shape index (κ1) is 12.8. The average molecular weight is 216 g/mol. The van der Waals surface area contributed by atoms with Gasteiger partial charge in [0.05, 0.1) is 0 Å². The highest BCUT2D eigenvalue weighted by atomic mass is 35.5. The van der Waals surface area contributed by atoms with Crippen LogP contribution < -0.4 is 0 Å². The second kappa shape index (κ2) is 6.24. The number of nitrogens with zero attached hydrogens (tertiary/aromatic N) is 1. The minimum Gasteiger partial charge on any atom is -0.269 e. The van der Waals surface area contributed by atoms with E-state index in [0.29, 0.717) is 6.42 Å². The smallest absolute Gasteiger partial charge is 0.269 e. The summed E-state index contributed by atoms with van der Waals surface area (Å²) < 4.78 is 35.3. The van der Waals surface area contributed by atoms with Gasteiger partial charge in [-0.1, -0.05) is 31.4 Å². The Kier molecular flexibility index (Phi) is 6.12. The Balaban J connectivity index is 3.60. The number of halogens is 4. The van der Waals surface area contributed by atoms with E-state index in [0.717, 1.165) is 19.3 Å². The number of hydrogen-bond acceptors (Lipinski definition) is 1. The van der Waals surface area contributed by atoms with Crippen LogP contribution in [0.15, 0.2) is 4.99 Å². The normalized spacial score (nSPS) is 15.2. The third kappa shape index (κ3) is 6.87. The lowest BCUT2D eigenvalue weighted by Crippen LogP contribution is -2.21. The van der Waals surface area contributed by atoms with E-state index in [1.165, 1.54) is 6.21 Å². The van der Waals surface area contributed by atoms with E-state index in [1.807, 2.05) is 6.92 Å². The Hall–Kier alpha value is -0.250. The molecule has 1 atom stereocenters. The molecule has 78 valence electrons. The maximum atomic E-state index is 11.8. The van der Waals surface area contributed by atoms with Crippen molar-refractivity contribution >= 4 is 17.8 Å². The van der Waals surface area contributed by atoms with Gasteiger partial charge >= 0.3 is 6.18 Å². The molecule has 0 heterocycles. The van der Waals surface area contributed by atoms with Crippen LogP contribution in [0.25, 0.3) is 0 Å². The van der Waals surface area contributed by atoms with E-state index < -0.39 is 11.7 Å². The second-order valence-electron chi connectivity index (χ2n) is 2.70. The van der Waals surface area contributed by atoms with Crippen LogP contribution in [0.4, 0.5) is 13.2 Å². The van der Waals surface area contributed by atoms with E-state index in [4.69, 9.17) is 11.6 Å². The Labute approximate surface area is 81.0 Å². The Morgan fingerprint density at radius 3 is 2.46 bits per heavy atom. The molecule has 0 aliphatic carbocycles. The zero-order valence-corrected chi connectivity index (χ0v) is 8.20. The van der Waals surface area contributed by atoms with Gasteiger partial charge in [0.25, 0.3) is 0 Å². The first-order chi connectivity index (χ1) is 5.98. The summed E-state index contributed by atoms with van der Waals surface area (Å²) in [6.07, 6.45) is 0.292. The Bertz CT molecular complexity index is 156. The van der Waals surface area contributed by atoms with Gasteiger partial charge in [0.15, 0.2) is 0 Å². The van der Waals surface area contributed by atoms with Crippen molar-refractivity contribution in [3.8, 4) is 0 Å². The quantitative estimate of drug-likeness (QED) is 0.287. The van der Waals surface area contributed by atoms with Gasteiger partial charge < -0.3 is 0 Å². The molecule has 0 spiro atoms. The van der Waals surface area contributed by atoms with Gasteiger partial charge in [-0.25, -0.2) is 0 Å². The number of alkyl halides is 4.